The molecule has 0 amide bonds. The van der Waals surface area contributed by atoms with E-state index in [2.05, 4.69) is 41.9 Å². The molecule has 4 heteroatoms. The molecule has 0 atom stereocenters. The normalized spacial score (nSPS) is 11.2. The summed E-state index contributed by atoms with van der Waals surface area (Å²) in [6.07, 6.45) is 2.47. The molecule has 2 rings (SSSR count). The van der Waals surface area contributed by atoms with Crippen molar-refractivity contribution in [3.05, 3.63) is 29.6 Å². The number of rotatable bonds is 8. The van der Waals surface area contributed by atoms with Crippen molar-refractivity contribution >= 4 is 16.8 Å². The van der Waals surface area contributed by atoms with Gasteiger partial charge in [-0.2, -0.15) is 0 Å². The van der Waals surface area contributed by atoms with Crippen LogP contribution in [0.5, 0.6) is 0 Å². The number of likely N-dealkylation sites (N-methyl/N-ethyl adjacent to an activating group) is 1. The lowest BCUT2D eigenvalue weighted by atomic mass is 10.1. The number of hydrogen-bond acceptors (Lipinski definition) is 3. The van der Waals surface area contributed by atoms with Gasteiger partial charge in [-0.15, -0.1) is 0 Å². The molecule has 0 aliphatic heterocycles. The zero-order chi connectivity index (χ0) is 15.2. The molecular weight excluding hydrogens is 262 g/mol. The molecule has 114 valence electrons. The number of carbonyl (C=O) groups excluding carboxylic acids is 1. The molecule has 0 radical (unpaired) electrons. The average molecular weight is 287 g/mol. The van der Waals surface area contributed by atoms with Gasteiger partial charge in [-0.3, -0.25) is 4.79 Å². The van der Waals surface area contributed by atoms with E-state index in [-0.39, 0.29) is 5.78 Å². The largest absolute Gasteiger partial charge is 0.328 e. The third-order valence-corrected chi connectivity index (χ3v) is 3.76. The predicted octanol–water partition coefficient (Wildman–Crippen LogP) is 2.73. The van der Waals surface area contributed by atoms with E-state index >= 15 is 0 Å². The molecule has 1 N–H and O–H groups in total. The number of benzene rings is 1. The first kappa shape index (κ1) is 15.7. The Balaban J connectivity index is 2.33. The van der Waals surface area contributed by atoms with Crippen molar-refractivity contribution in [3.8, 4) is 0 Å². The second-order valence-electron chi connectivity index (χ2n) is 5.41. The number of fused-ring (bicyclic) bond motifs is 1. The summed E-state index contributed by atoms with van der Waals surface area (Å²) < 4.78 is 2.20. The van der Waals surface area contributed by atoms with Gasteiger partial charge in [0.25, 0.3) is 0 Å². The molecule has 0 unspecified atom stereocenters. The monoisotopic (exact) mass is 287 g/mol. The van der Waals surface area contributed by atoms with Crippen LogP contribution in [0.2, 0.25) is 0 Å². The predicted molar refractivity (Wildman–Crippen MR) is 86.7 cm³/mol. The number of nitrogens with one attached hydrogen (secondary N) is 1. The van der Waals surface area contributed by atoms with Gasteiger partial charge >= 0.3 is 0 Å². The summed E-state index contributed by atoms with van der Waals surface area (Å²) in [6.45, 7) is 8.51. The minimum Gasteiger partial charge on any atom is -0.328 e. The molecule has 4 nitrogen and oxygen atoms in total. The van der Waals surface area contributed by atoms with Gasteiger partial charge in [0.15, 0.2) is 0 Å². The van der Waals surface area contributed by atoms with Gasteiger partial charge in [0.2, 0.25) is 0 Å². The van der Waals surface area contributed by atoms with E-state index in [4.69, 9.17) is 4.98 Å². The molecule has 1 aromatic heterocycles. The first-order valence-corrected chi connectivity index (χ1v) is 7.83. The minimum atomic E-state index is 0.222. The second-order valence-corrected chi connectivity index (χ2v) is 5.41. The van der Waals surface area contributed by atoms with Gasteiger partial charge in [0.05, 0.1) is 11.0 Å². The van der Waals surface area contributed by atoms with E-state index in [9.17, 15) is 4.79 Å². The smallest absolute Gasteiger partial charge is 0.131 e. The van der Waals surface area contributed by atoms with Crippen LogP contribution in [0.3, 0.4) is 0 Å². The number of aromatic nitrogens is 2. The van der Waals surface area contributed by atoms with E-state index in [0.717, 1.165) is 49.3 Å². The molecule has 0 saturated carbocycles. The number of nitrogens with zero attached hydrogens (tertiary/aromatic N) is 2. The lowest BCUT2D eigenvalue weighted by molar-refractivity contribution is -0.117. The fourth-order valence-electron chi connectivity index (χ4n) is 2.53. The first-order valence-electron chi connectivity index (χ1n) is 7.83. The highest BCUT2D eigenvalue weighted by atomic mass is 16.1. The maximum Gasteiger partial charge on any atom is 0.131 e. The third kappa shape index (κ3) is 3.91. The van der Waals surface area contributed by atoms with E-state index < -0.39 is 0 Å². The molecule has 0 bridgehead atoms. The van der Waals surface area contributed by atoms with Crippen molar-refractivity contribution < 1.29 is 4.79 Å². The van der Waals surface area contributed by atoms with Crippen LogP contribution in [-0.4, -0.2) is 28.4 Å². The van der Waals surface area contributed by atoms with Crippen LogP contribution in [0.1, 0.15) is 38.6 Å². The Kier molecular flexibility index (Phi) is 5.51. The minimum absolute atomic E-state index is 0.222. The fourth-order valence-corrected chi connectivity index (χ4v) is 2.53. The van der Waals surface area contributed by atoms with Gasteiger partial charge in [0, 0.05) is 25.9 Å². The first-order chi connectivity index (χ1) is 10.2. The number of aryl methyl sites for hydroxylation is 2. The van der Waals surface area contributed by atoms with Crippen LogP contribution in [-0.2, 0) is 24.2 Å². The zero-order valence-corrected chi connectivity index (χ0v) is 13.3. The van der Waals surface area contributed by atoms with Crippen LogP contribution < -0.4 is 5.32 Å². The molecule has 21 heavy (non-hydrogen) atoms. The van der Waals surface area contributed by atoms with Gasteiger partial charge in [-0.25, -0.2) is 4.98 Å². The Bertz CT molecular complexity index is 616. The summed E-state index contributed by atoms with van der Waals surface area (Å²) in [5.74, 6) is 1.29. The van der Waals surface area contributed by atoms with Gasteiger partial charge in [0.1, 0.15) is 11.6 Å². The summed E-state index contributed by atoms with van der Waals surface area (Å²) >= 11 is 0. The Labute approximate surface area is 126 Å². The molecule has 0 saturated heterocycles. The fraction of sp³-hybridized carbons (Fsp3) is 0.529. The molecule has 2 aromatic rings. The molecule has 0 fully saturated rings. The van der Waals surface area contributed by atoms with Gasteiger partial charge in [-0.05, 0) is 37.6 Å². The summed E-state index contributed by atoms with van der Waals surface area (Å²) in [6, 6.07) is 6.46. The quantitative estimate of drug-likeness (QED) is 0.759. The van der Waals surface area contributed by atoms with E-state index in [1.54, 1.807) is 6.92 Å². The average Bonchev–Trinajstić information content (AvgIpc) is 2.81. The summed E-state index contributed by atoms with van der Waals surface area (Å²) in [7, 11) is 0. The molecular formula is C17H25N3O. The molecule has 0 aliphatic carbocycles. The topological polar surface area (TPSA) is 46.9 Å². The van der Waals surface area contributed by atoms with Crippen LogP contribution in [0.25, 0.3) is 11.0 Å². The van der Waals surface area contributed by atoms with Crippen LogP contribution in [0.4, 0.5) is 0 Å². The maximum atomic E-state index is 11.3. The van der Waals surface area contributed by atoms with Crippen molar-refractivity contribution in [2.24, 2.45) is 0 Å². The van der Waals surface area contributed by atoms with Gasteiger partial charge < -0.3 is 9.88 Å². The van der Waals surface area contributed by atoms with Crippen LogP contribution in [0.15, 0.2) is 18.2 Å². The highest BCUT2D eigenvalue weighted by Gasteiger charge is 2.11. The highest BCUT2D eigenvalue weighted by Crippen LogP contribution is 2.19. The van der Waals surface area contributed by atoms with E-state index in [1.165, 1.54) is 5.56 Å². The standard InChI is InChI=1S/C17H25N3O/c1-4-14-6-7-16-15(12-14)19-17(8-10-18-5-2)20(16)11-9-13(3)21/h6-7,12,18H,4-5,8-11H2,1-3H3. The van der Waals surface area contributed by atoms with Crippen LogP contribution in [0, 0.1) is 0 Å². The highest BCUT2D eigenvalue weighted by molar-refractivity contribution is 5.78. The van der Waals surface area contributed by atoms with Crippen molar-refractivity contribution in [2.75, 3.05) is 13.1 Å². The third-order valence-electron chi connectivity index (χ3n) is 3.76. The summed E-state index contributed by atoms with van der Waals surface area (Å²) in [4.78, 5) is 16.1. The molecule has 1 heterocycles. The van der Waals surface area contributed by atoms with Gasteiger partial charge in [-0.1, -0.05) is 19.9 Å². The summed E-state index contributed by atoms with van der Waals surface area (Å²) in [5, 5.41) is 3.34. The number of ketones is 1. The lowest BCUT2D eigenvalue weighted by Gasteiger charge is -2.08. The number of carbonyl (C=O) groups is 1. The Morgan fingerprint density at radius 2 is 2.14 bits per heavy atom. The summed E-state index contributed by atoms with van der Waals surface area (Å²) in [5.41, 5.74) is 3.49. The van der Waals surface area contributed by atoms with Crippen molar-refractivity contribution in [1.29, 1.82) is 0 Å². The Morgan fingerprint density at radius 3 is 2.81 bits per heavy atom. The van der Waals surface area contributed by atoms with Crippen molar-refractivity contribution in [1.82, 2.24) is 14.9 Å². The van der Waals surface area contributed by atoms with E-state index in [0.29, 0.717) is 6.42 Å². The van der Waals surface area contributed by atoms with Crippen molar-refractivity contribution in [3.63, 3.8) is 0 Å². The number of hydrogen-bond donors (Lipinski definition) is 1. The van der Waals surface area contributed by atoms with Crippen molar-refractivity contribution in [2.45, 2.75) is 46.6 Å². The Hall–Kier alpha value is -1.68. The van der Waals surface area contributed by atoms with E-state index in [1.807, 2.05) is 0 Å². The molecule has 0 spiro atoms. The molecule has 1 aromatic carbocycles. The Morgan fingerprint density at radius 1 is 1.33 bits per heavy atom. The zero-order valence-electron chi connectivity index (χ0n) is 13.3. The number of imidazole rings is 1. The maximum absolute atomic E-state index is 11.3. The number of Topliss-reactive ketones (excluding diaryl/α,β-unsaturated/α-hetero) is 1. The second kappa shape index (κ2) is 7.36. The lowest BCUT2D eigenvalue weighted by Crippen LogP contribution is -2.18. The molecule has 0 aliphatic rings. The van der Waals surface area contributed by atoms with Crippen LogP contribution >= 0.6 is 0 Å². The SMILES string of the molecule is CCNCCc1nc2cc(CC)ccc2n1CCC(C)=O.